The van der Waals surface area contributed by atoms with Crippen molar-refractivity contribution in [3.63, 3.8) is 0 Å². The first-order valence-corrected chi connectivity index (χ1v) is 8.43. The topological polar surface area (TPSA) is 54.3 Å². The van der Waals surface area contributed by atoms with Crippen molar-refractivity contribution in [2.75, 3.05) is 6.54 Å². The van der Waals surface area contributed by atoms with Crippen molar-refractivity contribution < 1.29 is 9.21 Å². The van der Waals surface area contributed by atoms with Gasteiger partial charge < -0.3 is 9.73 Å². The molecule has 1 aromatic heterocycles. The maximum absolute atomic E-state index is 12.2. The fourth-order valence-corrected chi connectivity index (χ4v) is 2.80. The van der Waals surface area contributed by atoms with Crippen LogP contribution in [0.25, 0.3) is 0 Å². The number of halogens is 1. The van der Waals surface area contributed by atoms with Gasteiger partial charge >= 0.3 is 0 Å². The molecule has 3 rings (SSSR count). The number of hydrogen-bond donors (Lipinski definition) is 2. The summed E-state index contributed by atoms with van der Waals surface area (Å²) >= 11 is 5.95. The quantitative estimate of drug-likeness (QED) is 0.676. The Labute approximate surface area is 151 Å². The van der Waals surface area contributed by atoms with E-state index in [4.69, 9.17) is 16.0 Å². The zero-order valence-electron chi connectivity index (χ0n) is 13.6. The van der Waals surface area contributed by atoms with Crippen molar-refractivity contribution in [3.8, 4) is 0 Å². The lowest BCUT2D eigenvalue weighted by atomic mass is 10.0. The van der Waals surface area contributed by atoms with Crippen LogP contribution in [0.1, 0.15) is 22.9 Å². The summed E-state index contributed by atoms with van der Waals surface area (Å²) in [5.41, 5.74) is 2.01. The molecule has 0 radical (unpaired) electrons. The number of nitrogens with one attached hydrogen (secondary N) is 2. The van der Waals surface area contributed by atoms with Gasteiger partial charge in [0.2, 0.25) is 5.91 Å². The second-order valence-corrected chi connectivity index (χ2v) is 6.08. The summed E-state index contributed by atoms with van der Waals surface area (Å²) in [6.45, 7) is 0.624. The smallest absolute Gasteiger partial charge is 0.234 e. The first-order valence-electron chi connectivity index (χ1n) is 8.05. The van der Waals surface area contributed by atoms with Gasteiger partial charge in [-0.1, -0.05) is 54.1 Å². The zero-order chi connectivity index (χ0) is 17.5. The number of carbonyl (C=O) groups is 1. The van der Waals surface area contributed by atoms with E-state index in [2.05, 4.69) is 10.6 Å². The summed E-state index contributed by atoms with van der Waals surface area (Å²) in [7, 11) is 0. The van der Waals surface area contributed by atoms with Gasteiger partial charge in [0.05, 0.1) is 18.8 Å². The van der Waals surface area contributed by atoms with Gasteiger partial charge in [-0.15, -0.1) is 0 Å². The van der Waals surface area contributed by atoms with Crippen LogP contribution in [0.4, 0.5) is 0 Å². The molecule has 1 atom stereocenters. The molecule has 1 heterocycles. The van der Waals surface area contributed by atoms with Crippen molar-refractivity contribution >= 4 is 17.5 Å². The summed E-state index contributed by atoms with van der Waals surface area (Å²) in [6, 6.07) is 20.9. The van der Waals surface area contributed by atoms with E-state index in [1.807, 2.05) is 66.7 Å². The van der Waals surface area contributed by atoms with E-state index in [1.165, 1.54) is 0 Å². The highest BCUT2D eigenvalue weighted by molar-refractivity contribution is 6.30. The van der Waals surface area contributed by atoms with Crippen molar-refractivity contribution in [1.29, 1.82) is 0 Å². The predicted octanol–water partition coefficient (Wildman–Crippen LogP) is 3.93. The Morgan fingerprint density at radius 1 is 1.04 bits per heavy atom. The van der Waals surface area contributed by atoms with E-state index in [1.54, 1.807) is 6.26 Å². The maximum Gasteiger partial charge on any atom is 0.234 e. The first kappa shape index (κ1) is 17.3. The van der Waals surface area contributed by atoms with Gasteiger partial charge in [0, 0.05) is 11.6 Å². The lowest BCUT2D eigenvalue weighted by Crippen LogP contribution is -2.35. The van der Waals surface area contributed by atoms with Crippen molar-refractivity contribution in [2.24, 2.45) is 0 Å². The average molecular weight is 355 g/mol. The van der Waals surface area contributed by atoms with Gasteiger partial charge in [-0.25, -0.2) is 0 Å². The van der Waals surface area contributed by atoms with Crippen LogP contribution in [0.5, 0.6) is 0 Å². The van der Waals surface area contributed by atoms with Gasteiger partial charge in [-0.3, -0.25) is 10.1 Å². The number of benzene rings is 2. The standard InChI is InChI=1S/C20H19ClN2O2/c21-17-9-4-6-15(12-17)13-22-19(24)14-23-20(18-10-5-11-25-18)16-7-2-1-3-8-16/h1-12,20,23H,13-14H2,(H,22,24)/t20-/m1/s1. The van der Waals surface area contributed by atoms with Gasteiger partial charge in [-0.2, -0.15) is 0 Å². The minimum absolute atomic E-state index is 0.0903. The molecule has 2 N–H and O–H groups in total. The molecule has 4 nitrogen and oxygen atoms in total. The molecule has 128 valence electrons. The molecule has 0 aliphatic heterocycles. The van der Waals surface area contributed by atoms with E-state index in [0.717, 1.165) is 16.9 Å². The summed E-state index contributed by atoms with van der Waals surface area (Å²) in [6.07, 6.45) is 1.63. The Bertz CT molecular complexity index is 804. The molecule has 0 saturated carbocycles. The van der Waals surface area contributed by atoms with Crippen LogP contribution >= 0.6 is 11.6 Å². The van der Waals surface area contributed by atoms with Crippen LogP contribution in [0.3, 0.4) is 0 Å². The van der Waals surface area contributed by atoms with Crippen LogP contribution in [-0.2, 0) is 11.3 Å². The third-order valence-corrected chi connectivity index (χ3v) is 4.04. The Balaban J connectivity index is 1.58. The minimum atomic E-state index is -0.173. The fraction of sp³-hybridized carbons (Fsp3) is 0.150. The lowest BCUT2D eigenvalue weighted by Gasteiger charge is -2.17. The zero-order valence-corrected chi connectivity index (χ0v) is 14.4. The Morgan fingerprint density at radius 2 is 1.88 bits per heavy atom. The molecular formula is C20H19ClN2O2. The molecule has 1 amide bonds. The van der Waals surface area contributed by atoms with Crippen molar-refractivity contribution in [1.82, 2.24) is 10.6 Å². The summed E-state index contributed by atoms with van der Waals surface area (Å²) in [4.78, 5) is 12.2. The Morgan fingerprint density at radius 3 is 2.60 bits per heavy atom. The number of hydrogen-bond acceptors (Lipinski definition) is 3. The molecule has 0 aliphatic carbocycles. The molecule has 2 aromatic carbocycles. The lowest BCUT2D eigenvalue weighted by molar-refractivity contribution is -0.120. The van der Waals surface area contributed by atoms with E-state index in [9.17, 15) is 4.79 Å². The van der Waals surface area contributed by atoms with Gasteiger partial charge in [0.15, 0.2) is 0 Å². The molecule has 0 spiro atoms. The predicted molar refractivity (Wildman–Crippen MR) is 98.3 cm³/mol. The largest absolute Gasteiger partial charge is 0.467 e. The SMILES string of the molecule is O=C(CN[C@H](c1ccccc1)c1ccco1)NCc1cccc(Cl)c1. The van der Waals surface area contributed by atoms with Crippen LogP contribution in [-0.4, -0.2) is 12.5 Å². The third kappa shape index (κ3) is 4.95. The van der Waals surface area contributed by atoms with Crippen LogP contribution < -0.4 is 10.6 Å². The molecule has 0 unspecified atom stereocenters. The number of furan rings is 1. The normalized spacial score (nSPS) is 11.9. The third-order valence-electron chi connectivity index (χ3n) is 3.81. The molecule has 5 heteroatoms. The van der Waals surface area contributed by atoms with E-state index < -0.39 is 0 Å². The number of amides is 1. The maximum atomic E-state index is 12.2. The molecular weight excluding hydrogens is 336 g/mol. The summed E-state index contributed by atoms with van der Waals surface area (Å²) in [5.74, 6) is 0.682. The highest BCUT2D eigenvalue weighted by Gasteiger charge is 2.17. The second kappa shape index (κ2) is 8.51. The first-order chi connectivity index (χ1) is 12.2. The average Bonchev–Trinajstić information content (AvgIpc) is 3.15. The van der Waals surface area contributed by atoms with Crippen molar-refractivity contribution in [2.45, 2.75) is 12.6 Å². The van der Waals surface area contributed by atoms with Crippen LogP contribution in [0, 0.1) is 0 Å². The van der Waals surface area contributed by atoms with Gasteiger partial charge in [0.1, 0.15) is 5.76 Å². The fourth-order valence-electron chi connectivity index (χ4n) is 2.59. The van der Waals surface area contributed by atoms with Gasteiger partial charge in [0.25, 0.3) is 0 Å². The minimum Gasteiger partial charge on any atom is -0.467 e. The monoisotopic (exact) mass is 354 g/mol. The van der Waals surface area contributed by atoms with Crippen LogP contribution in [0.15, 0.2) is 77.4 Å². The molecule has 0 saturated heterocycles. The van der Waals surface area contributed by atoms with Crippen molar-refractivity contribution in [3.05, 3.63) is 94.9 Å². The molecule has 3 aromatic rings. The molecule has 0 bridgehead atoms. The number of rotatable bonds is 7. The molecule has 25 heavy (non-hydrogen) atoms. The molecule has 0 aliphatic rings. The summed E-state index contributed by atoms with van der Waals surface area (Å²) in [5, 5.41) is 6.80. The van der Waals surface area contributed by atoms with E-state index in [-0.39, 0.29) is 18.5 Å². The van der Waals surface area contributed by atoms with Crippen LogP contribution in [0.2, 0.25) is 5.02 Å². The Kier molecular flexibility index (Phi) is 5.88. The van der Waals surface area contributed by atoms with Gasteiger partial charge in [-0.05, 0) is 35.4 Å². The van der Waals surface area contributed by atoms with E-state index in [0.29, 0.717) is 11.6 Å². The highest BCUT2D eigenvalue weighted by atomic mass is 35.5. The Hall–Kier alpha value is -2.56. The summed E-state index contributed by atoms with van der Waals surface area (Å²) < 4.78 is 5.52. The van der Waals surface area contributed by atoms with E-state index >= 15 is 0 Å². The number of carbonyl (C=O) groups excluding carboxylic acids is 1. The molecule has 0 fully saturated rings. The highest BCUT2D eigenvalue weighted by Crippen LogP contribution is 2.21. The second-order valence-electron chi connectivity index (χ2n) is 5.65.